The Morgan fingerprint density at radius 2 is 2.20 bits per heavy atom. The lowest BCUT2D eigenvalue weighted by molar-refractivity contribution is 0.133. The first kappa shape index (κ1) is 17.3. The normalized spacial score (nSPS) is 13.3. The highest BCUT2D eigenvalue weighted by molar-refractivity contribution is 8.00. The first-order valence-electron chi connectivity index (χ1n) is 6.49. The van der Waals surface area contributed by atoms with E-state index in [0.717, 1.165) is 4.90 Å². The molecule has 3 N–H and O–H groups in total. The van der Waals surface area contributed by atoms with Gasteiger partial charge in [-0.15, -0.1) is 11.8 Å². The fourth-order valence-electron chi connectivity index (χ4n) is 1.57. The molecule has 114 valence electrons. The van der Waals surface area contributed by atoms with E-state index in [4.69, 9.17) is 10.5 Å². The topological polar surface area (TPSA) is 81.4 Å². The maximum absolute atomic E-state index is 11.9. The van der Waals surface area contributed by atoms with E-state index in [1.807, 2.05) is 25.1 Å². The van der Waals surface area contributed by atoms with Gasteiger partial charge in [-0.05, 0) is 32.0 Å². The zero-order valence-corrected chi connectivity index (χ0v) is 13.5. The Morgan fingerprint density at radius 3 is 2.85 bits per heavy atom. The summed E-state index contributed by atoms with van der Waals surface area (Å²) in [6.45, 7) is 4.64. The maximum Gasteiger partial charge on any atom is 0.212 e. The SMILES string of the molecule is CCOCC(C)NS(=O)(=O)CCSc1cccc(N)c1. The van der Waals surface area contributed by atoms with Crippen LogP contribution in [0.2, 0.25) is 0 Å². The molecule has 0 aliphatic carbocycles. The Morgan fingerprint density at radius 1 is 1.45 bits per heavy atom. The zero-order valence-electron chi connectivity index (χ0n) is 11.8. The van der Waals surface area contributed by atoms with Gasteiger partial charge in [0.15, 0.2) is 0 Å². The molecule has 1 aromatic carbocycles. The lowest BCUT2D eigenvalue weighted by Gasteiger charge is -2.13. The third-order valence-electron chi connectivity index (χ3n) is 2.43. The van der Waals surface area contributed by atoms with Crippen LogP contribution in [-0.4, -0.2) is 39.2 Å². The van der Waals surface area contributed by atoms with E-state index >= 15 is 0 Å². The molecule has 7 heteroatoms. The second kappa shape index (κ2) is 8.51. The van der Waals surface area contributed by atoms with Crippen LogP contribution in [0.4, 0.5) is 5.69 Å². The summed E-state index contributed by atoms with van der Waals surface area (Å²) in [5.74, 6) is 0.559. The van der Waals surface area contributed by atoms with Crippen molar-refractivity contribution in [3.05, 3.63) is 24.3 Å². The molecule has 0 saturated heterocycles. The highest BCUT2D eigenvalue weighted by Crippen LogP contribution is 2.20. The molecule has 1 unspecified atom stereocenters. The summed E-state index contributed by atoms with van der Waals surface area (Å²) in [4.78, 5) is 0.975. The van der Waals surface area contributed by atoms with Crippen LogP contribution >= 0.6 is 11.8 Å². The van der Waals surface area contributed by atoms with Gasteiger partial charge < -0.3 is 10.5 Å². The van der Waals surface area contributed by atoms with E-state index in [9.17, 15) is 8.42 Å². The first-order valence-corrected chi connectivity index (χ1v) is 9.13. The van der Waals surface area contributed by atoms with Crippen molar-refractivity contribution in [2.24, 2.45) is 0 Å². The Bertz CT molecular complexity index is 506. The quantitative estimate of drug-likeness (QED) is 0.535. The van der Waals surface area contributed by atoms with Gasteiger partial charge >= 0.3 is 0 Å². The number of hydrogen-bond acceptors (Lipinski definition) is 5. The molecule has 0 aliphatic rings. The van der Waals surface area contributed by atoms with Gasteiger partial charge in [-0.1, -0.05) is 6.07 Å². The lowest BCUT2D eigenvalue weighted by Crippen LogP contribution is -2.37. The maximum atomic E-state index is 11.9. The van der Waals surface area contributed by atoms with Crippen LogP contribution in [0, 0.1) is 0 Å². The van der Waals surface area contributed by atoms with Crippen molar-refractivity contribution in [1.29, 1.82) is 0 Å². The molecule has 1 aromatic rings. The number of hydrogen-bond donors (Lipinski definition) is 2. The Hall–Kier alpha value is -0.760. The first-order chi connectivity index (χ1) is 9.43. The molecule has 0 saturated carbocycles. The van der Waals surface area contributed by atoms with Crippen LogP contribution in [0.25, 0.3) is 0 Å². The van der Waals surface area contributed by atoms with Gasteiger partial charge in [0.1, 0.15) is 0 Å². The van der Waals surface area contributed by atoms with Gasteiger partial charge in [0.25, 0.3) is 0 Å². The van der Waals surface area contributed by atoms with Gasteiger partial charge in [0.05, 0.1) is 12.4 Å². The largest absolute Gasteiger partial charge is 0.399 e. The molecule has 0 heterocycles. The molecule has 0 radical (unpaired) electrons. The molecule has 20 heavy (non-hydrogen) atoms. The van der Waals surface area contributed by atoms with Crippen molar-refractivity contribution in [3.63, 3.8) is 0 Å². The summed E-state index contributed by atoms with van der Waals surface area (Å²) in [6.07, 6.45) is 0. The van der Waals surface area contributed by atoms with E-state index in [1.54, 1.807) is 13.0 Å². The number of nitrogens with two attached hydrogens (primary N) is 1. The molecule has 0 aliphatic heterocycles. The summed E-state index contributed by atoms with van der Waals surface area (Å²) in [5.41, 5.74) is 6.35. The van der Waals surface area contributed by atoms with Crippen LogP contribution in [0.1, 0.15) is 13.8 Å². The number of benzene rings is 1. The van der Waals surface area contributed by atoms with Crippen LogP contribution in [-0.2, 0) is 14.8 Å². The molecule has 0 bridgehead atoms. The predicted molar refractivity (Wildman–Crippen MR) is 84.5 cm³/mol. The Balaban J connectivity index is 2.36. The van der Waals surface area contributed by atoms with Crippen molar-refractivity contribution in [2.75, 3.05) is 30.5 Å². The van der Waals surface area contributed by atoms with Gasteiger partial charge in [0, 0.05) is 29.0 Å². The molecule has 0 amide bonds. The standard InChI is InChI=1S/C13H22N2O3S2/c1-3-18-10-11(2)15-20(16,17)8-7-19-13-6-4-5-12(14)9-13/h4-6,9,11,15H,3,7-8,10,14H2,1-2H3. The van der Waals surface area contributed by atoms with E-state index < -0.39 is 10.0 Å². The monoisotopic (exact) mass is 318 g/mol. The number of thioether (sulfide) groups is 1. The van der Waals surface area contributed by atoms with Crippen LogP contribution in [0.3, 0.4) is 0 Å². The zero-order chi connectivity index (χ0) is 15.0. The second-order valence-corrected chi connectivity index (χ2v) is 7.46. The smallest absolute Gasteiger partial charge is 0.212 e. The van der Waals surface area contributed by atoms with Crippen molar-refractivity contribution < 1.29 is 13.2 Å². The Kier molecular flexibility index (Phi) is 7.36. The van der Waals surface area contributed by atoms with Crippen molar-refractivity contribution in [2.45, 2.75) is 24.8 Å². The fourth-order valence-corrected chi connectivity index (χ4v) is 4.21. The predicted octanol–water partition coefficient (Wildman–Crippen LogP) is 1.71. The highest BCUT2D eigenvalue weighted by atomic mass is 32.2. The second-order valence-electron chi connectivity index (χ2n) is 4.42. The number of anilines is 1. The van der Waals surface area contributed by atoms with Crippen molar-refractivity contribution >= 4 is 27.5 Å². The minimum Gasteiger partial charge on any atom is -0.399 e. The van der Waals surface area contributed by atoms with Gasteiger partial charge in [-0.25, -0.2) is 13.1 Å². The summed E-state index contributed by atoms with van der Waals surface area (Å²) in [5, 5.41) is 0. The molecule has 1 rings (SSSR count). The molecule has 0 fully saturated rings. The van der Waals surface area contributed by atoms with Crippen molar-refractivity contribution in [3.8, 4) is 0 Å². The average molecular weight is 318 g/mol. The number of sulfonamides is 1. The van der Waals surface area contributed by atoms with E-state index in [-0.39, 0.29) is 11.8 Å². The lowest BCUT2D eigenvalue weighted by atomic mass is 10.3. The van der Waals surface area contributed by atoms with Gasteiger partial charge in [0.2, 0.25) is 10.0 Å². The minimum atomic E-state index is -3.27. The van der Waals surface area contributed by atoms with E-state index in [2.05, 4.69) is 4.72 Å². The molecular formula is C13H22N2O3S2. The fraction of sp³-hybridized carbons (Fsp3) is 0.538. The van der Waals surface area contributed by atoms with Crippen molar-refractivity contribution in [1.82, 2.24) is 4.72 Å². The summed E-state index contributed by atoms with van der Waals surface area (Å²) in [7, 11) is -3.27. The van der Waals surface area contributed by atoms with E-state index in [0.29, 0.717) is 24.7 Å². The summed E-state index contributed by atoms with van der Waals surface area (Å²) in [6, 6.07) is 7.20. The number of nitrogens with one attached hydrogen (secondary N) is 1. The van der Waals surface area contributed by atoms with Crippen LogP contribution in [0.15, 0.2) is 29.2 Å². The summed E-state index contributed by atoms with van der Waals surface area (Å²) >= 11 is 1.48. The average Bonchev–Trinajstić information content (AvgIpc) is 2.35. The molecular weight excluding hydrogens is 296 g/mol. The Labute approximate surface area is 125 Å². The minimum absolute atomic E-state index is 0.0724. The number of ether oxygens (including phenoxy) is 1. The molecule has 0 spiro atoms. The summed E-state index contributed by atoms with van der Waals surface area (Å²) < 4.78 is 31.5. The van der Waals surface area contributed by atoms with Gasteiger partial charge in [-0.3, -0.25) is 0 Å². The third-order valence-corrected chi connectivity index (χ3v) is 5.19. The highest BCUT2D eigenvalue weighted by Gasteiger charge is 2.14. The van der Waals surface area contributed by atoms with Crippen LogP contribution in [0.5, 0.6) is 0 Å². The third kappa shape index (κ3) is 7.14. The van der Waals surface area contributed by atoms with Crippen LogP contribution < -0.4 is 10.5 Å². The molecule has 0 aromatic heterocycles. The van der Waals surface area contributed by atoms with Gasteiger partial charge in [-0.2, -0.15) is 0 Å². The molecule has 1 atom stereocenters. The molecule has 5 nitrogen and oxygen atoms in total. The number of nitrogen functional groups attached to an aromatic ring is 1. The number of rotatable bonds is 9. The van der Waals surface area contributed by atoms with E-state index in [1.165, 1.54) is 11.8 Å².